The molecule has 1 unspecified atom stereocenters. The number of benzene rings is 2. The summed E-state index contributed by atoms with van der Waals surface area (Å²) in [5.74, 6) is 0. The summed E-state index contributed by atoms with van der Waals surface area (Å²) < 4.78 is 0. The van der Waals surface area contributed by atoms with Crippen LogP contribution in [0.2, 0.25) is 0 Å². The van der Waals surface area contributed by atoms with Crippen LogP contribution >= 0.6 is 0 Å². The minimum absolute atomic E-state index is 0. The first-order valence-corrected chi connectivity index (χ1v) is 8.83. The molecule has 0 aromatic heterocycles. The fraction of sp³-hybridized carbons (Fsp3) is 0.364. The van der Waals surface area contributed by atoms with Crippen molar-refractivity contribution >= 4 is 0 Å². The van der Waals surface area contributed by atoms with Gasteiger partial charge in [0.2, 0.25) is 0 Å². The molecule has 1 aliphatic rings. The van der Waals surface area contributed by atoms with E-state index in [0.29, 0.717) is 12.1 Å². The quantitative estimate of drug-likeness (QED) is 0.462. The average molecular weight is 326 g/mol. The Morgan fingerprint density at radius 2 is 1.80 bits per heavy atom. The van der Waals surface area contributed by atoms with E-state index in [2.05, 4.69) is 78.8 Å². The van der Waals surface area contributed by atoms with Gasteiger partial charge in [-0.15, -0.1) is 12.1 Å². The maximum atomic E-state index is 3.90. The van der Waals surface area contributed by atoms with Gasteiger partial charge < -0.3 is 0 Å². The van der Waals surface area contributed by atoms with E-state index in [4.69, 9.17) is 0 Å². The molecule has 2 aromatic carbocycles. The van der Waals surface area contributed by atoms with E-state index < -0.39 is 0 Å². The zero-order chi connectivity index (χ0) is 16.9. The molecular formula is C22H27LiN2. The second kappa shape index (κ2) is 9.41. The molecule has 0 aliphatic carbocycles. The van der Waals surface area contributed by atoms with Crippen LogP contribution in [0.4, 0.5) is 0 Å². The molecule has 3 rings (SSSR count). The second-order valence-electron chi connectivity index (χ2n) is 6.77. The predicted molar refractivity (Wildman–Crippen MR) is 101 cm³/mol. The van der Waals surface area contributed by atoms with Crippen LogP contribution in [0.5, 0.6) is 0 Å². The van der Waals surface area contributed by atoms with Crippen LogP contribution < -0.4 is 18.9 Å². The predicted octanol–water partition coefficient (Wildman–Crippen LogP) is 1.16. The minimum atomic E-state index is 0. The van der Waals surface area contributed by atoms with Crippen molar-refractivity contribution in [2.45, 2.75) is 32.0 Å². The Kier molecular flexibility index (Phi) is 7.53. The summed E-state index contributed by atoms with van der Waals surface area (Å²) in [6, 6.07) is 23.9. The molecule has 126 valence electrons. The third-order valence-corrected chi connectivity index (χ3v) is 5.00. The Balaban J connectivity index is 0.00000225. The molecule has 3 heteroatoms. The van der Waals surface area contributed by atoms with Gasteiger partial charge in [0.25, 0.3) is 0 Å². The van der Waals surface area contributed by atoms with Gasteiger partial charge >= 0.3 is 18.9 Å². The number of piperazine rings is 1. The monoisotopic (exact) mass is 326 g/mol. The van der Waals surface area contributed by atoms with Crippen molar-refractivity contribution < 1.29 is 18.9 Å². The molecular weight excluding hydrogens is 299 g/mol. The van der Waals surface area contributed by atoms with Crippen LogP contribution in [0.15, 0.2) is 67.3 Å². The summed E-state index contributed by atoms with van der Waals surface area (Å²) in [5, 5.41) is 0. The van der Waals surface area contributed by atoms with E-state index in [1.54, 1.807) is 0 Å². The smallest absolute Gasteiger partial charge is 0.294 e. The molecule has 1 fully saturated rings. The van der Waals surface area contributed by atoms with Crippen molar-refractivity contribution in [3.63, 3.8) is 0 Å². The first-order valence-electron chi connectivity index (χ1n) is 8.83. The van der Waals surface area contributed by atoms with E-state index in [9.17, 15) is 0 Å². The number of hydrogen-bond acceptors (Lipinski definition) is 2. The molecule has 0 bridgehead atoms. The molecule has 0 spiro atoms. The summed E-state index contributed by atoms with van der Waals surface area (Å²) in [7, 11) is 0. The Bertz CT molecular complexity index is 604. The van der Waals surface area contributed by atoms with Gasteiger partial charge in [-0.05, 0) is 19.4 Å². The van der Waals surface area contributed by atoms with Gasteiger partial charge in [-0.2, -0.15) is 30.3 Å². The van der Waals surface area contributed by atoms with Gasteiger partial charge in [-0.1, -0.05) is 36.4 Å². The Morgan fingerprint density at radius 3 is 2.44 bits per heavy atom. The van der Waals surface area contributed by atoms with Gasteiger partial charge in [0.1, 0.15) is 0 Å². The van der Waals surface area contributed by atoms with Crippen LogP contribution in [0, 0.1) is 6.07 Å². The Hall–Kier alpha value is -1.30. The molecule has 2 aromatic rings. The number of nitrogens with zero attached hydrogens (tertiary/aromatic N) is 2. The molecule has 1 aliphatic heterocycles. The van der Waals surface area contributed by atoms with Crippen molar-refractivity contribution in [2.24, 2.45) is 0 Å². The molecule has 3 atom stereocenters. The molecule has 25 heavy (non-hydrogen) atoms. The van der Waals surface area contributed by atoms with Gasteiger partial charge in [0.15, 0.2) is 0 Å². The molecule has 1 heterocycles. The normalized spacial score (nSPS) is 22.8. The summed E-state index contributed by atoms with van der Waals surface area (Å²) in [4.78, 5) is 5.15. The summed E-state index contributed by atoms with van der Waals surface area (Å²) in [6.07, 6.45) is 2.01. The first kappa shape index (κ1) is 20.0. The molecule has 0 radical (unpaired) electrons. The van der Waals surface area contributed by atoms with E-state index in [1.165, 1.54) is 11.1 Å². The topological polar surface area (TPSA) is 6.48 Å². The largest absolute Gasteiger partial charge is 1.00 e. The van der Waals surface area contributed by atoms with E-state index in [0.717, 1.165) is 19.6 Å². The fourth-order valence-electron chi connectivity index (χ4n) is 3.77. The maximum absolute atomic E-state index is 3.90. The van der Waals surface area contributed by atoms with Crippen molar-refractivity contribution in [1.29, 1.82) is 0 Å². The van der Waals surface area contributed by atoms with Crippen molar-refractivity contribution in [1.82, 2.24) is 9.80 Å². The summed E-state index contributed by atoms with van der Waals surface area (Å²) >= 11 is 0. The minimum Gasteiger partial charge on any atom is -0.294 e. The zero-order valence-corrected chi connectivity index (χ0v) is 15.7. The molecule has 1 saturated heterocycles. The van der Waals surface area contributed by atoms with Gasteiger partial charge in [0, 0.05) is 37.8 Å². The van der Waals surface area contributed by atoms with Crippen LogP contribution in [0.25, 0.3) is 0 Å². The van der Waals surface area contributed by atoms with E-state index >= 15 is 0 Å². The third kappa shape index (κ3) is 4.66. The van der Waals surface area contributed by atoms with E-state index in [1.807, 2.05) is 18.2 Å². The molecule has 0 saturated carbocycles. The number of rotatable bonds is 5. The standard InChI is InChI=1S/C22H27N2.Li/c1-4-15-23-16-19(3)24(17-18(23)2)22(20-11-7-5-8-12-20)21-13-9-6-10-14-21;/h4-13,18-19,22H,1,15-17H2,2-3H3;/q-1;+1/t18-,19+,22?;/m1./s1. The zero-order valence-electron chi connectivity index (χ0n) is 15.7. The Morgan fingerprint density at radius 1 is 1.08 bits per heavy atom. The SMILES string of the molecule is C=CCN1C[C@H](C)N(C(c2[c-]cccc2)c2ccccc2)C[C@H]1C.[Li+]. The summed E-state index contributed by atoms with van der Waals surface area (Å²) in [5.41, 5.74) is 2.59. The fourth-order valence-corrected chi connectivity index (χ4v) is 3.77. The third-order valence-electron chi connectivity index (χ3n) is 5.00. The maximum Gasteiger partial charge on any atom is 1.00 e. The second-order valence-corrected chi connectivity index (χ2v) is 6.77. The van der Waals surface area contributed by atoms with Crippen molar-refractivity contribution in [3.8, 4) is 0 Å². The van der Waals surface area contributed by atoms with Crippen molar-refractivity contribution in [3.05, 3.63) is 84.4 Å². The first-order chi connectivity index (χ1) is 11.7. The Labute approximate surface area is 164 Å². The van der Waals surface area contributed by atoms with Gasteiger partial charge in [0.05, 0.1) is 0 Å². The van der Waals surface area contributed by atoms with Crippen LogP contribution in [0.1, 0.15) is 31.0 Å². The van der Waals surface area contributed by atoms with Crippen LogP contribution in [-0.2, 0) is 0 Å². The van der Waals surface area contributed by atoms with Gasteiger partial charge in [-0.25, -0.2) is 0 Å². The summed E-state index contributed by atoms with van der Waals surface area (Å²) in [6.45, 7) is 11.6. The van der Waals surface area contributed by atoms with Crippen molar-refractivity contribution in [2.75, 3.05) is 19.6 Å². The average Bonchev–Trinajstić information content (AvgIpc) is 2.61. The van der Waals surface area contributed by atoms with E-state index in [-0.39, 0.29) is 24.9 Å². The van der Waals surface area contributed by atoms with Crippen LogP contribution in [0.3, 0.4) is 0 Å². The molecule has 0 amide bonds. The molecule has 0 N–H and O–H groups in total. The van der Waals surface area contributed by atoms with Gasteiger partial charge in [-0.3, -0.25) is 9.80 Å². The number of hydrogen-bond donors (Lipinski definition) is 0. The van der Waals surface area contributed by atoms with Crippen LogP contribution in [-0.4, -0.2) is 41.5 Å². The molecule has 2 nitrogen and oxygen atoms in total.